The Balaban J connectivity index is 0.000000696. The Labute approximate surface area is 163 Å². The molecule has 9 nitrogen and oxygen atoms in total. The average molecular weight is 390 g/mol. The smallest absolute Gasteiger partial charge is 0.357 e. The van der Waals surface area contributed by atoms with Gasteiger partial charge < -0.3 is 15.3 Å². The van der Waals surface area contributed by atoms with Crippen LogP contribution in [-0.4, -0.2) is 58.2 Å². The first kappa shape index (κ1) is 22.8. The summed E-state index contributed by atoms with van der Waals surface area (Å²) in [5.74, 6) is -1.38. The van der Waals surface area contributed by atoms with Gasteiger partial charge in [-0.3, -0.25) is 14.4 Å². The minimum absolute atomic E-state index is 0.0578. The van der Waals surface area contributed by atoms with E-state index in [9.17, 15) is 24.3 Å². The Hall–Kier alpha value is -3.23. The number of carbonyl (C=O) groups excluding carboxylic acids is 2. The highest BCUT2D eigenvalue weighted by Crippen LogP contribution is 2.13. The van der Waals surface area contributed by atoms with Crippen LogP contribution in [0.4, 0.5) is 0 Å². The van der Waals surface area contributed by atoms with Crippen molar-refractivity contribution in [1.82, 2.24) is 20.0 Å². The summed E-state index contributed by atoms with van der Waals surface area (Å²) in [6, 6.07) is 6.27. The minimum atomic E-state index is -1.24. The number of hydrogen-bond acceptors (Lipinski definition) is 5. The molecule has 0 fully saturated rings. The molecule has 0 spiro atoms. The second kappa shape index (κ2) is 10.2. The number of amides is 2. The molecule has 152 valence electrons. The van der Waals surface area contributed by atoms with Crippen molar-refractivity contribution < 1.29 is 19.5 Å². The maximum absolute atomic E-state index is 12.4. The molecule has 9 heteroatoms. The van der Waals surface area contributed by atoms with Crippen molar-refractivity contribution in [3.05, 3.63) is 40.3 Å². The Morgan fingerprint density at radius 2 is 1.75 bits per heavy atom. The highest BCUT2D eigenvalue weighted by atomic mass is 16.4. The van der Waals surface area contributed by atoms with Gasteiger partial charge in [-0.25, -0.2) is 9.48 Å². The lowest BCUT2D eigenvalue weighted by Gasteiger charge is -2.17. The van der Waals surface area contributed by atoms with Crippen LogP contribution in [0.3, 0.4) is 0 Å². The zero-order chi connectivity index (χ0) is 21.4. The molecule has 0 saturated carbocycles. The predicted octanol–water partition coefficient (Wildman–Crippen LogP) is 0.960. The summed E-state index contributed by atoms with van der Waals surface area (Å²) < 4.78 is 0.897. The highest BCUT2D eigenvalue weighted by molar-refractivity contribution is 6.01. The summed E-state index contributed by atoms with van der Waals surface area (Å²) in [6.45, 7) is 5.48. The van der Waals surface area contributed by atoms with E-state index in [0.717, 1.165) is 11.1 Å². The normalized spacial score (nSPS) is 11.4. The zero-order valence-electron chi connectivity index (χ0n) is 16.7. The van der Waals surface area contributed by atoms with E-state index in [0.29, 0.717) is 0 Å². The van der Waals surface area contributed by atoms with Gasteiger partial charge in [-0.2, -0.15) is 5.10 Å². The number of aromatic nitrogens is 2. The van der Waals surface area contributed by atoms with Gasteiger partial charge in [-0.1, -0.05) is 32.0 Å². The number of benzene rings is 1. The third-order valence-electron chi connectivity index (χ3n) is 3.96. The molecule has 0 radical (unpaired) electrons. The van der Waals surface area contributed by atoms with Gasteiger partial charge in [0, 0.05) is 25.5 Å². The van der Waals surface area contributed by atoms with E-state index in [1.54, 1.807) is 26.2 Å². The van der Waals surface area contributed by atoms with Crippen LogP contribution in [0.25, 0.3) is 10.8 Å². The van der Waals surface area contributed by atoms with Crippen molar-refractivity contribution in [3.63, 3.8) is 0 Å². The van der Waals surface area contributed by atoms with Crippen LogP contribution in [0, 0.1) is 5.92 Å². The Bertz CT molecular complexity index is 905. The molecule has 1 heterocycles. The van der Waals surface area contributed by atoms with Crippen LogP contribution in [0.2, 0.25) is 0 Å². The minimum Gasteiger partial charge on any atom is -0.476 e. The molecule has 0 aliphatic rings. The molecular formula is C19H26N4O5. The molecule has 0 bridgehead atoms. The number of carbonyl (C=O) groups is 3. The first-order valence-corrected chi connectivity index (χ1v) is 8.72. The molecule has 1 unspecified atom stereocenters. The Morgan fingerprint density at radius 1 is 1.21 bits per heavy atom. The fourth-order valence-corrected chi connectivity index (χ4v) is 2.10. The standard InChI is InChI=1S/C16H19N3O4.C3H7NO/c1-9(2)10(3)17-13(20)8-19-15(21)12-7-5-4-6-11(12)14(18-19)16(22)23;1-4(2)3-5/h4-7,9-10H,8H2,1-3H3,(H,17,20)(H,22,23);3H,1-2H3. The summed E-state index contributed by atoms with van der Waals surface area (Å²) in [6.07, 6.45) is 0.750. The lowest BCUT2D eigenvalue weighted by molar-refractivity contribution is -0.122. The molecule has 0 aliphatic carbocycles. The summed E-state index contributed by atoms with van der Waals surface area (Å²) in [5.41, 5.74) is -0.733. The average Bonchev–Trinajstić information content (AvgIpc) is 2.64. The fraction of sp³-hybridized carbons (Fsp3) is 0.421. The molecule has 1 aromatic heterocycles. The molecule has 28 heavy (non-hydrogen) atoms. The number of rotatable bonds is 6. The van der Waals surface area contributed by atoms with Crippen LogP contribution >= 0.6 is 0 Å². The van der Waals surface area contributed by atoms with Gasteiger partial charge in [0.15, 0.2) is 5.69 Å². The van der Waals surface area contributed by atoms with Crippen molar-refractivity contribution in [2.45, 2.75) is 33.4 Å². The van der Waals surface area contributed by atoms with E-state index >= 15 is 0 Å². The third-order valence-corrected chi connectivity index (χ3v) is 3.96. The predicted molar refractivity (Wildman–Crippen MR) is 105 cm³/mol. The van der Waals surface area contributed by atoms with E-state index in [1.807, 2.05) is 20.8 Å². The van der Waals surface area contributed by atoms with Gasteiger partial charge in [0.05, 0.1) is 5.39 Å². The SMILES string of the molecule is CC(C)C(C)NC(=O)Cn1nc(C(=O)O)c2ccccc2c1=O.CN(C)C=O. The zero-order valence-corrected chi connectivity index (χ0v) is 16.7. The van der Waals surface area contributed by atoms with E-state index in [4.69, 9.17) is 0 Å². The molecule has 0 saturated heterocycles. The van der Waals surface area contributed by atoms with Crippen molar-refractivity contribution in [1.29, 1.82) is 0 Å². The molecule has 1 aromatic carbocycles. The highest BCUT2D eigenvalue weighted by Gasteiger charge is 2.18. The first-order valence-electron chi connectivity index (χ1n) is 8.72. The number of nitrogens with one attached hydrogen (secondary N) is 1. The number of nitrogens with zero attached hydrogens (tertiary/aromatic N) is 3. The number of aromatic carboxylic acids is 1. The van der Waals surface area contributed by atoms with E-state index in [1.165, 1.54) is 17.0 Å². The molecule has 1 atom stereocenters. The van der Waals surface area contributed by atoms with Crippen molar-refractivity contribution >= 4 is 29.1 Å². The van der Waals surface area contributed by atoms with Crippen LogP contribution in [-0.2, 0) is 16.1 Å². The maximum Gasteiger partial charge on any atom is 0.357 e. The summed E-state index contributed by atoms with van der Waals surface area (Å²) in [5, 5.41) is 16.4. The van der Waals surface area contributed by atoms with Gasteiger partial charge in [-0.15, -0.1) is 0 Å². The van der Waals surface area contributed by atoms with Crippen LogP contribution < -0.4 is 10.9 Å². The monoisotopic (exact) mass is 390 g/mol. The van der Waals surface area contributed by atoms with Gasteiger partial charge in [0.1, 0.15) is 6.54 Å². The summed E-state index contributed by atoms with van der Waals surface area (Å²) >= 11 is 0. The number of hydrogen-bond donors (Lipinski definition) is 2. The van der Waals surface area contributed by atoms with Gasteiger partial charge in [-0.05, 0) is 18.9 Å². The Morgan fingerprint density at radius 3 is 2.21 bits per heavy atom. The number of carboxylic acids is 1. The second-order valence-electron chi connectivity index (χ2n) is 6.83. The third kappa shape index (κ3) is 6.19. The Kier molecular flexibility index (Phi) is 8.30. The molecule has 0 aliphatic heterocycles. The van der Waals surface area contributed by atoms with Crippen molar-refractivity contribution in [3.8, 4) is 0 Å². The maximum atomic E-state index is 12.4. The fourth-order valence-electron chi connectivity index (χ4n) is 2.10. The van der Waals surface area contributed by atoms with Gasteiger partial charge >= 0.3 is 5.97 Å². The summed E-state index contributed by atoms with van der Waals surface area (Å²) in [4.78, 5) is 46.7. The molecule has 2 rings (SSSR count). The lowest BCUT2D eigenvalue weighted by Crippen LogP contribution is -2.40. The van der Waals surface area contributed by atoms with Crippen LogP contribution in [0.1, 0.15) is 31.3 Å². The topological polar surface area (TPSA) is 122 Å². The van der Waals surface area contributed by atoms with Crippen molar-refractivity contribution in [2.24, 2.45) is 5.92 Å². The van der Waals surface area contributed by atoms with Gasteiger partial charge in [0.2, 0.25) is 12.3 Å². The lowest BCUT2D eigenvalue weighted by atomic mass is 10.1. The molecule has 2 amide bonds. The van der Waals surface area contributed by atoms with E-state index in [2.05, 4.69) is 10.4 Å². The largest absolute Gasteiger partial charge is 0.476 e. The number of fused-ring (bicyclic) bond motifs is 1. The van der Waals surface area contributed by atoms with Gasteiger partial charge in [0.25, 0.3) is 5.56 Å². The molecular weight excluding hydrogens is 364 g/mol. The number of carboxylic acid groups (broad SMARTS) is 1. The van der Waals surface area contributed by atoms with Crippen LogP contribution in [0.5, 0.6) is 0 Å². The van der Waals surface area contributed by atoms with Crippen molar-refractivity contribution in [2.75, 3.05) is 14.1 Å². The summed E-state index contributed by atoms with van der Waals surface area (Å²) in [7, 11) is 3.38. The molecule has 2 N–H and O–H groups in total. The van der Waals surface area contributed by atoms with Crippen LogP contribution in [0.15, 0.2) is 29.1 Å². The second-order valence-corrected chi connectivity index (χ2v) is 6.83. The van der Waals surface area contributed by atoms with E-state index in [-0.39, 0.29) is 40.9 Å². The quantitative estimate of drug-likeness (QED) is 0.709. The molecule has 2 aromatic rings. The first-order chi connectivity index (χ1) is 13.1. The van der Waals surface area contributed by atoms with E-state index < -0.39 is 11.5 Å².